The Kier molecular flexibility index (Phi) is 8.05. The van der Waals surface area contributed by atoms with Crippen LogP contribution in [0.25, 0.3) is 0 Å². The smallest absolute Gasteiger partial charge is 0.0349 e. The van der Waals surface area contributed by atoms with E-state index in [4.69, 9.17) is 0 Å². The van der Waals surface area contributed by atoms with Crippen LogP contribution in [-0.4, -0.2) is 0 Å². The Balaban J connectivity index is 0.0000000764. The quantitative estimate of drug-likeness (QED) is 0.165. The zero-order valence-corrected chi connectivity index (χ0v) is 38.0. The molecule has 0 amide bonds. The Morgan fingerprint density at radius 1 is 0.155 bits per heavy atom. The third-order valence-corrected chi connectivity index (χ3v) is 24.0. The molecule has 0 nitrogen and oxygen atoms in total. The van der Waals surface area contributed by atoms with Gasteiger partial charge in [-0.3, -0.25) is 0 Å². The van der Waals surface area contributed by atoms with Gasteiger partial charge in [-0.1, -0.05) is 27.7 Å². The summed E-state index contributed by atoms with van der Waals surface area (Å²) >= 11 is 0. The normalized spacial score (nSPS) is 65.2. The highest BCUT2D eigenvalue weighted by Gasteiger charge is 2.68. The lowest BCUT2D eigenvalue weighted by Crippen LogP contribution is -1.96. The fraction of sp³-hybridized carbons (Fsp3) is 1.00. The molecule has 0 aromatic heterocycles. The van der Waals surface area contributed by atoms with E-state index in [1.54, 1.807) is 141 Å². The van der Waals surface area contributed by atoms with E-state index in [1.807, 2.05) is 0 Å². The Morgan fingerprint density at radius 2 is 0.276 bits per heavy atom. The van der Waals surface area contributed by atoms with Crippen LogP contribution in [0.15, 0.2) is 0 Å². The van der Waals surface area contributed by atoms with Gasteiger partial charge in [-0.15, -0.1) is 0 Å². The minimum absolute atomic E-state index is 1.10. The number of hydrogen-bond acceptors (Lipinski definition) is 0. The van der Waals surface area contributed by atoms with Gasteiger partial charge in [-0.05, 0) is 331 Å². The van der Waals surface area contributed by atoms with Gasteiger partial charge in [0.2, 0.25) is 0 Å². The molecular weight excluding hydrogens is 697 g/mol. The van der Waals surface area contributed by atoms with Crippen molar-refractivity contribution in [2.75, 3.05) is 0 Å². The van der Waals surface area contributed by atoms with Crippen LogP contribution in [-0.2, 0) is 0 Å². The third kappa shape index (κ3) is 7.33. The molecule has 0 saturated heterocycles. The van der Waals surface area contributed by atoms with Gasteiger partial charge in [0, 0.05) is 0 Å². The Morgan fingerprint density at radius 3 is 0.431 bits per heavy atom. The molecule has 0 aliphatic heterocycles. The minimum Gasteiger partial charge on any atom is -0.0622 e. The van der Waals surface area contributed by atoms with Crippen molar-refractivity contribution in [3.63, 3.8) is 0 Å². The standard InChI is InChI=1S/C19H28.C16H24.C13H20.C10H16/c1-9-4-11(9)13-6-15(13)17-8-19(17)18-7-16(18)14-5-12(14)10-2-3-10;1-8-4-10(8)12-6-14(12)16-7-15(16)13-5-11(13)9-2-3-9;1-7-4-9(7)11-6-13(11)12-5-10(12)8-2-3-8;1-6-4-8(6)10-5-9(10)7-2-3-7/h9-19H,2-8H2,1H3;8-16H,2-7H2,1H3;7-13H,2-6H2,1H3;6-10H,2-5H2,1H3. The van der Waals surface area contributed by atoms with E-state index in [1.165, 1.54) is 166 Å². The third-order valence-electron chi connectivity index (χ3n) is 24.0. The molecule has 28 unspecified atom stereocenters. The van der Waals surface area contributed by atoms with Crippen LogP contribution >= 0.6 is 0 Å². The summed E-state index contributed by atoms with van der Waals surface area (Å²) in [6, 6.07) is 0. The van der Waals surface area contributed by atoms with Crippen LogP contribution in [0, 0.1) is 189 Å². The minimum atomic E-state index is 1.10. The van der Waals surface area contributed by atoms with Crippen molar-refractivity contribution in [2.45, 2.75) is 169 Å². The highest BCUT2D eigenvalue weighted by Crippen LogP contribution is 2.75. The summed E-state index contributed by atoms with van der Waals surface area (Å²) in [5, 5.41) is 0. The van der Waals surface area contributed by atoms with E-state index < -0.39 is 0 Å². The van der Waals surface area contributed by atoms with E-state index in [0.717, 1.165) is 23.7 Å². The molecule has 18 rings (SSSR count). The zero-order chi connectivity index (χ0) is 38.0. The molecule has 18 fully saturated rings. The van der Waals surface area contributed by atoms with Crippen LogP contribution in [0.4, 0.5) is 0 Å². The van der Waals surface area contributed by atoms with E-state index in [-0.39, 0.29) is 0 Å². The second kappa shape index (κ2) is 12.8. The van der Waals surface area contributed by atoms with Gasteiger partial charge in [-0.25, -0.2) is 0 Å². The maximum atomic E-state index is 2.48. The first-order valence-corrected chi connectivity index (χ1v) is 28.3. The largest absolute Gasteiger partial charge is 0.0622 e. The second-order valence-electron chi connectivity index (χ2n) is 28.5. The first-order valence-electron chi connectivity index (χ1n) is 28.3. The predicted octanol–water partition coefficient (Wildman–Crippen LogP) is 14.6. The van der Waals surface area contributed by atoms with Gasteiger partial charge in [0.05, 0.1) is 0 Å². The van der Waals surface area contributed by atoms with Crippen molar-refractivity contribution < 1.29 is 0 Å². The monoisotopic (exact) mass is 785 g/mol. The second-order valence-corrected chi connectivity index (χ2v) is 28.5. The molecule has 58 heavy (non-hydrogen) atoms. The fourth-order valence-corrected chi connectivity index (χ4v) is 18.3. The van der Waals surface area contributed by atoms with Crippen molar-refractivity contribution in [2.24, 2.45) is 189 Å². The van der Waals surface area contributed by atoms with E-state index in [2.05, 4.69) is 27.7 Å². The lowest BCUT2D eigenvalue weighted by Gasteiger charge is -2.00. The maximum absolute atomic E-state index is 2.48. The molecule has 0 bridgehead atoms. The van der Waals surface area contributed by atoms with Crippen molar-refractivity contribution in [3.8, 4) is 0 Å². The molecule has 320 valence electrons. The average Bonchev–Trinajstić information content (AvgIpc) is 3.91. The van der Waals surface area contributed by atoms with Crippen LogP contribution in [0.3, 0.4) is 0 Å². The molecule has 18 aliphatic rings. The van der Waals surface area contributed by atoms with Gasteiger partial charge < -0.3 is 0 Å². The Bertz CT molecular complexity index is 1610. The van der Waals surface area contributed by atoms with Crippen molar-refractivity contribution in [1.29, 1.82) is 0 Å². The van der Waals surface area contributed by atoms with Gasteiger partial charge in [-0.2, -0.15) is 0 Å². The first-order chi connectivity index (χ1) is 28.3. The highest BCUT2D eigenvalue weighted by atomic mass is 14.7. The van der Waals surface area contributed by atoms with Crippen molar-refractivity contribution in [1.82, 2.24) is 0 Å². The summed E-state index contributed by atoms with van der Waals surface area (Å²) in [6.07, 6.45) is 35.4. The van der Waals surface area contributed by atoms with Crippen LogP contribution in [0.2, 0.25) is 0 Å². The van der Waals surface area contributed by atoms with Gasteiger partial charge in [0.15, 0.2) is 0 Å². The van der Waals surface area contributed by atoms with Crippen LogP contribution in [0.1, 0.15) is 169 Å². The van der Waals surface area contributed by atoms with E-state index >= 15 is 0 Å². The summed E-state index contributed by atoms with van der Waals surface area (Å²) in [4.78, 5) is 0. The topological polar surface area (TPSA) is 0 Å². The summed E-state index contributed by atoms with van der Waals surface area (Å²) in [6.45, 7) is 9.82. The lowest BCUT2D eigenvalue weighted by molar-refractivity contribution is 0.472. The summed E-state index contributed by atoms with van der Waals surface area (Å²) in [7, 11) is 0. The molecule has 0 heteroatoms. The van der Waals surface area contributed by atoms with Crippen LogP contribution < -0.4 is 0 Å². The van der Waals surface area contributed by atoms with E-state index in [0.29, 0.717) is 0 Å². The molecule has 0 aromatic carbocycles. The average molecular weight is 785 g/mol. The Hall–Kier alpha value is 0. The molecule has 0 aromatic rings. The van der Waals surface area contributed by atoms with Crippen molar-refractivity contribution >= 4 is 0 Å². The molecule has 18 saturated carbocycles. The van der Waals surface area contributed by atoms with E-state index in [9.17, 15) is 0 Å². The number of rotatable bonds is 14. The van der Waals surface area contributed by atoms with Crippen molar-refractivity contribution in [3.05, 3.63) is 0 Å². The van der Waals surface area contributed by atoms with Crippen LogP contribution in [0.5, 0.6) is 0 Å². The highest BCUT2D eigenvalue weighted by molar-refractivity contribution is 5.16. The molecule has 18 aliphatic carbocycles. The molecule has 0 spiro atoms. The molecule has 28 atom stereocenters. The zero-order valence-electron chi connectivity index (χ0n) is 38.0. The fourth-order valence-electron chi connectivity index (χ4n) is 18.3. The summed E-state index contributed by atoms with van der Waals surface area (Å²) in [5.41, 5.74) is 0. The number of hydrogen-bond donors (Lipinski definition) is 0. The van der Waals surface area contributed by atoms with Gasteiger partial charge in [0.1, 0.15) is 0 Å². The molecule has 0 heterocycles. The lowest BCUT2D eigenvalue weighted by atomic mass is 10.0. The summed E-state index contributed by atoms with van der Waals surface area (Å²) < 4.78 is 0. The molecular formula is C58H88. The maximum Gasteiger partial charge on any atom is -0.0349 e. The molecule has 0 N–H and O–H groups in total. The SMILES string of the molecule is CC1CC1C1CC1C1CC1.CC1CC1C1CC1C1CC1C1CC1.CC1CC1C1CC1C1CC1C1CC1C1CC1.CC1CC1C1CC1C1CC1C1CC1C1CC1C1CC1. The van der Waals surface area contributed by atoms with Gasteiger partial charge in [0.25, 0.3) is 0 Å². The summed E-state index contributed by atoms with van der Waals surface area (Å²) in [5.74, 6) is 38.5. The first kappa shape index (κ1) is 36.4. The predicted molar refractivity (Wildman–Crippen MR) is 236 cm³/mol. The van der Waals surface area contributed by atoms with Gasteiger partial charge >= 0.3 is 0 Å². The molecule has 0 radical (unpaired) electrons. The Labute approximate surface area is 356 Å².